The van der Waals surface area contributed by atoms with Crippen molar-refractivity contribution in [3.8, 4) is 0 Å². The van der Waals surface area contributed by atoms with Gasteiger partial charge in [0.15, 0.2) is 0 Å². The van der Waals surface area contributed by atoms with Crippen molar-refractivity contribution in [3.63, 3.8) is 0 Å². The van der Waals surface area contributed by atoms with Crippen molar-refractivity contribution in [1.29, 1.82) is 0 Å². The Hall–Kier alpha value is -1.18. The number of halogens is 2. The highest BCUT2D eigenvalue weighted by molar-refractivity contribution is 5.37. The molecule has 0 radical (unpaired) electrons. The maximum Gasteiger partial charge on any atom is 0.133 e. The summed E-state index contributed by atoms with van der Waals surface area (Å²) in [6, 6.07) is 4.83. The van der Waals surface area contributed by atoms with Gasteiger partial charge in [-0.05, 0) is 56.2 Å². The molecule has 0 spiro atoms. The number of hydrogen-bond acceptors (Lipinski definition) is 0. The molecule has 0 nitrogen and oxygen atoms in total. The van der Waals surface area contributed by atoms with Crippen LogP contribution < -0.4 is 0 Å². The minimum atomic E-state index is -1.64. The normalized spacial score (nSPS) is 27.1. The molecule has 2 unspecified atom stereocenters. The second-order valence-electron chi connectivity index (χ2n) is 5.97. The zero-order valence-electron chi connectivity index (χ0n) is 11.4. The summed E-state index contributed by atoms with van der Waals surface area (Å²) < 4.78 is 27.6. The zero-order valence-corrected chi connectivity index (χ0v) is 11.4. The van der Waals surface area contributed by atoms with Crippen LogP contribution in [0.3, 0.4) is 0 Å². The molecule has 0 aliphatic heterocycles. The van der Waals surface area contributed by atoms with E-state index in [9.17, 15) is 8.78 Å². The maximum absolute atomic E-state index is 13.9. The van der Waals surface area contributed by atoms with Gasteiger partial charge in [0.2, 0.25) is 0 Å². The molecule has 0 N–H and O–H groups in total. The van der Waals surface area contributed by atoms with Crippen molar-refractivity contribution in [2.24, 2.45) is 11.8 Å². The van der Waals surface area contributed by atoms with E-state index in [1.165, 1.54) is 19.9 Å². The van der Waals surface area contributed by atoms with Crippen molar-refractivity contribution in [3.05, 3.63) is 47.3 Å². The van der Waals surface area contributed by atoms with E-state index < -0.39 is 11.5 Å². The van der Waals surface area contributed by atoms with Crippen molar-refractivity contribution < 1.29 is 8.78 Å². The monoisotopic (exact) mass is 250 g/mol. The van der Waals surface area contributed by atoms with E-state index in [4.69, 9.17) is 0 Å². The molecule has 3 atom stereocenters. The van der Waals surface area contributed by atoms with Gasteiger partial charge in [0, 0.05) is 5.56 Å². The second-order valence-corrected chi connectivity index (χ2v) is 5.97. The second kappa shape index (κ2) is 4.18. The lowest BCUT2D eigenvalue weighted by molar-refractivity contribution is 0.213. The van der Waals surface area contributed by atoms with Crippen molar-refractivity contribution >= 4 is 0 Å². The van der Waals surface area contributed by atoms with Crippen LogP contribution in [0.2, 0.25) is 0 Å². The number of rotatable bonds is 3. The Morgan fingerprint density at radius 3 is 2.39 bits per heavy atom. The molecule has 1 aliphatic carbocycles. The highest BCUT2D eigenvalue weighted by atomic mass is 19.1. The van der Waals surface area contributed by atoms with E-state index in [1.54, 1.807) is 12.1 Å². The van der Waals surface area contributed by atoms with Gasteiger partial charge in [0.1, 0.15) is 11.5 Å². The molecule has 0 bridgehead atoms. The Labute approximate surface area is 108 Å². The highest BCUT2D eigenvalue weighted by Gasteiger charge is 2.48. The molecular weight excluding hydrogens is 230 g/mol. The third-order valence-corrected chi connectivity index (χ3v) is 3.96. The van der Waals surface area contributed by atoms with Crippen LogP contribution in [0.1, 0.15) is 44.7 Å². The van der Waals surface area contributed by atoms with Crippen molar-refractivity contribution in [2.75, 3.05) is 0 Å². The van der Waals surface area contributed by atoms with Gasteiger partial charge in [-0.3, -0.25) is 0 Å². The average Bonchev–Trinajstić information content (AvgIpc) is 2.89. The van der Waals surface area contributed by atoms with Crippen LogP contribution in [0.4, 0.5) is 8.78 Å². The van der Waals surface area contributed by atoms with Crippen LogP contribution in [0.25, 0.3) is 0 Å². The Balaban J connectivity index is 2.35. The minimum absolute atomic E-state index is 0.152. The van der Waals surface area contributed by atoms with Gasteiger partial charge >= 0.3 is 0 Å². The third-order valence-electron chi connectivity index (χ3n) is 3.96. The van der Waals surface area contributed by atoms with E-state index >= 15 is 0 Å². The third kappa shape index (κ3) is 2.21. The predicted molar refractivity (Wildman–Crippen MR) is 70.7 cm³/mol. The Morgan fingerprint density at radius 1 is 1.33 bits per heavy atom. The molecular formula is C16H20F2. The van der Waals surface area contributed by atoms with E-state index in [-0.39, 0.29) is 5.56 Å². The summed E-state index contributed by atoms with van der Waals surface area (Å²) in [5, 5.41) is 0. The molecule has 1 aromatic rings. The lowest BCUT2D eigenvalue weighted by Gasteiger charge is -2.17. The van der Waals surface area contributed by atoms with Gasteiger partial charge in [-0.25, -0.2) is 8.78 Å². The summed E-state index contributed by atoms with van der Waals surface area (Å²) in [6.45, 7) is 10.9. The molecule has 0 heterocycles. The van der Waals surface area contributed by atoms with Gasteiger partial charge in [-0.15, -0.1) is 0 Å². The quantitative estimate of drug-likeness (QED) is 0.665. The standard InChI is InChI=1S/C16H20F2/c1-9(2)14-10(3)15(14)11-6-7-13(17)12(8-11)16(4,5)18/h6-8,10,14-15H,1H2,2-5H3/t10?,14?,15-/m0/s1. The average molecular weight is 250 g/mol. The molecule has 0 amide bonds. The number of benzene rings is 1. The summed E-state index contributed by atoms with van der Waals surface area (Å²) in [7, 11) is 0. The van der Waals surface area contributed by atoms with Gasteiger partial charge in [-0.2, -0.15) is 0 Å². The summed E-state index contributed by atoms with van der Waals surface area (Å²) in [5.41, 5.74) is 0.687. The Morgan fingerprint density at radius 2 is 1.94 bits per heavy atom. The number of hydrogen-bond donors (Lipinski definition) is 0. The first kappa shape index (κ1) is 13.3. The fraction of sp³-hybridized carbons (Fsp3) is 0.500. The molecule has 1 fully saturated rings. The molecule has 18 heavy (non-hydrogen) atoms. The van der Waals surface area contributed by atoms with Crippen LogP contribution in [0.15, 0.2) is 30.4 Å². The Kier molecular flexibility index (Phi) is 3.08. The van der Waals surface area contributed by atoms with E-state index in [0.29, 0.717) is 17.8 Å². The van der Waals surface area contributed by atoms with Crippen LogP contribution in [-0.2, 0) is 5.67 Å². The summed E-state index contributed by atoms with van der Waals surface area (Å²) in [5.74, 6) is 0.866. The van der Waals surface area contributed by atoms with E-state index in [1.807, 2.05) is 6.92 Å². The maximum atomic E-state index is 13.9. The fourth-order valence-corrected chi connectivity index (χ4v) is 2.93. The number of alkyl halides is 1. The predicted octanol–water partition coefficient (Wildman–Crippen LogP) is 4.96. The molecule has 1 saturated carbocycles. The molecule has 0 saturated heterocycles. The fourth-order valence-electron chi connectivity index (χ4n) is 2.93. The minimum Gasteiger partial charge on any atom is -0.239 e. The van der Waals surface area contributed by atoms with Crippen LogP contribution in [0, 0.1) is 17.7 Å². The first-order valence-corrected chi connectivity index (χ1v) is 6.37. The summed E-state index contributed by atoms with van der Waals surface area (Å²) >= 11 is 0. The first-order valence-electron chi connectivity index (χ1n) is 6.37. The first-order chi connectivity index (χ1) is 8.23. The van der Waals surface area contributed by atoms with Crippen molar-refractivity contribution in [1.82, 2.24) is 0 Å². The lowest BCUT2D eigenvalue weighted by Crippen LogP contribution is -2.12. The summed E-state index contributed by atoms with van der Waals surface area (Å²) in [4.78, 5) is 0. The van der Waals surface area contributed by atoms with E-state index in [0.717, 1.165) is 11.1 Å². The molecule has 1 aliphatic rings. The molecule has 98 valence electrons. The van der Waals surface area contributed by atoms with Crippen LogP contribution in [-0.4, -0.2) is 0 Å². The highest BCUT2D eigenvalue weighted by Crippen LogP contribution is 2.57. The molecule has 2 heteroatoms. The zero-order chi connectivity index (χ0) is 13.7. The number of allylic oxidation sites excluding steroid dienone is 1. The smallest absolute Gasteiger partial charge is 0.133 e. The Bertz CT molecular complexity index is 482. The van der Waals surface area contributed by atoms with Crippen molar-refractivity contribution in [2.45, 2.75) is 39.3 Å². The van der Waals surface area contributed by atoms with Crippen LogP contribution in [0.5, 0.6) is 0 Å². The topological polar surface area (TPSA) is 0 Å². The van der Waals surface area contributed by atoms with Gasteiger partial charge in [0.25, 0.3) is 0 Å². The molecule has 1 aromatic carbocycles. The van der Waals surface area contributed by atoms with Gasteiger partial charge < -0.3 is 0 Å². The van der Waals surface area contributed by atoms with Gasteiger partial charge in [0.05, 0.1) is 0 Å². The molecule has 2 rings (SSSR count). The SMILES string of the molecule is C=C(C)C1C(C)[C@H]1c1ccc(F)c(C(C)(C)F)c1. The van der Waals surface area contributed by atoms with E-state index in [2.05, 4.69) is 13.5 Å². The largest absolute Gasteiger partial charge is 0.239 e. The molecule has 0 aromatic heterocycles. The van der Waals surface area contributed by atoms with Gasteiger partial charge in [-0.1, -0.05) is 25.1 Å². The summed E-state index contributed by atoms with van der Waals surface area (Å²) in [6.07, 6.45) is 0. The lowest BCUT2D eigenvalue weighted by atomic mass is 9.95. The van der Waals surface area contributed by atoms with Crippen LogP contribution >= 0.6 is 0 Å².